The molecule has 0 unspecified atom stereocenters. The van der Waals surface area contributed by atoms with Crippen LogP contribution in [0.5, 0.6) is 0 Å². The second-order valence-electron chi connectivity index (χ2n) is 7.22. The summed E-state index contributed by atoms with van der Waals surface area (Å²) in [6.45, 7) is 9.20. The number of hydrogen-bond acceptors (Lipinski definition) is 4. The molecule has 0 aromatic carbocycles. The van der Waals surface area contributed by atoms with Crippen molar-refractivity contribution in [1.82, 2.24) is 9.47 Å². The van der Waals surface area contributed by atoms with E-state index >= 15 is 0 Å². The normalized spacial score (nSPS) is 15.8. The summed E-state index contributed by atoms with van der Waals surface area (Å²) in [6, 6.07) is 6.37. The fraction of sp³-hybridized carbons (Fsp3) is 0.500. The maximum Gasteiger partial charge on any atom is 0.239 e. The minimum atomic E-state index is -0.0408. The van der Waals surface area contributed by atoms with Crippen LogP contribution in [0.1, 0.15) is 41.5 Å². The maximum atomic E-state index is 12.6. The molecule has 3 heterocycles. The van der Waals surface area contributed by atoms with Crippen LogP contribution in [-0.2, 0) is 11.3 Å². The average Bonchev–Trinajstić information content (AvgIpc) is 3.20. The number of nitriles is 1. The fourth-order valence-electron chi connectivity index (χ4n) is 3.48. The summed E-state index contributed by atoms with van der Waals surface area (Å²) in [6.07, 6.45) is 2.29. The molecule has 0 spiro atoms. The second-order valence-corrected chi connectivity index (χ2v) is 8.25. The van der Waals surface area contributed by atoms with E-state index in [1.54, 1.807) is 11.3 Å². The smallest absolute Gasteiger partial charge is 0.239 e. The highest BCUT2D eigenvalue weighted by Crippen LogP contribution is 2.28. The summed E-state index contributed by atoms with van der Waals surface area (Å²) in [7, 11) is 0. The van der Waals surface area contributed by atoms with E-state index < -0.39 is 0 Å². The minimum absolute atomic E-state index is 0.0408. The lowest BCUT2D eigenvalue weighted by Crippen LogP contribution is -2.39. The van der Waals surface area contributed by atoms with Crippen molar-refractivity contribution in [2.75, 3.05) is 25.0 Å². The number of hydrogen-bond donors (Lipinski definition) is 1. The first-order valence-corrected chi connectivity index (χ1v) is 10.0. The van der Waals surface area contributed by atoms with Crippen molar-refractivity contribution < 1.29 is 4.79 Å². The first-order valence-electron chi connectivity index (χ1n) is 9.14. The SMILES string of the molecule is Cc1c(C#N)c(NC(=O)CN2CCC(C)CC2)n(Cc2cccs2)c1C. The quantitative estimate of drug-likeness (QED) is 0.872. The molecule has 0 saturated carbocycles. The van der Waals surface area contributed by atoms with Crippen molar-refractivity contribution in [3.05, 3.63) is 39.2 Å². The van der Waals surface area contributed by atoms with E-state index in [1.807, 2.05) is 25.3 Å². The summed E-state index contributed by atoms with van der Waals surface area (Å²) in [5.41, 5.74) is 2.53. The molecule has 1 saturated heterocycles. The van der Waals surface area contributed by atoms with Gasteiger partial charge < -0.3 is 9.88 Å². The van der Waals surface area contributed by atoms with Crippen molar-refractivity contribution >= 4 is 23.1 Å². The Kier molecular flexibility index (Phi) is 5.80. The van der Waals surface area contributed by atoms with Crippen molar-refractivity contribution in [3.63, 3.8) is 0 Å². The fourth-order valence-corrected chi connectivity index (χ4v) is 4.17. The molecule has 5 nitrogen and oxygen atoms in total. The number of thiophene rings is 1. The van der Waals surface area contributed by atoms with Crippen LogP contribution in [0, 0.1) is 31.1 Å². The highest BCUT2D eigenvalue weighted by atomic mass is 32.1. The number of carbonyl (C=O) groups is 1. The molecule has 0 radical (unpaired) electrons. The van der Waals surface area contributed by atoms with Crippen molar-refractivity contribution in [3.8, 4) is 6.07 Å². The number of likely N-dealkylation sites (tertiary alicyclic amines) is 1. The molecule has 2 aromatic heterocycles. The number of rotatable bonds is 5. The third-order valence-corrected chi connectivity index (χ3v) is 6.20. The standard InChI is InChI=1S/C20H26N4OS/c1-14-6-8-23(9-7-14)13-19(25)22-20-18(11-21)15(2)16(3)24(20)12-17-5-4-10-26-17/h4-5,10,14H,6-9,12-13H2,1-3H3,(H,22,25). The van der Waals surface area contributed by atoms with Gasteiger partial charge in [0.25, 0.3) is 0 Å². The number of anilines is 1. The number of carbonyl (C=O) groups excluding carboxylic acids is 1. The maximum absolute atomic E-state index is 12.6. The summed E-state index contributed by atoms with van der Waals surface area (Å²) in [5, 5.41) is 14.7. The Morgan fingerprint density at radius 3 is 2.73 bits per heavy atom. The Labute approximate surface area is 159 Å². The highest BCUT2D eigenvalue weighted by Gasteiger charge is 2.22. The van der Waals surface area contributed by atoms with Gasteiger partial charge in [-0.25, -0.2) is 0 Å². The Hall–Kier alpha value is -2.10. The topological polar surface area (TPSA) is 61.1 Å². The van der Waals surface area contributed by atoms with E-state index in [0.717, 1.165) is 43.1 Å². The minimum Gasteiger partial charge on any atom is -0.325 e. The number of nitrogens with zero attached hydrogens (tertiary/aromatic N) is 3. The molecule has 1 aliphatic rings. The lowest BCUT2D eigenvalue weighted by Gasteiger charge is -2.29. The molecule has 3 rings (SSSR count). The van der Waals surface area contributed by atoms with Gasteiger partial charge in [-0.2, -0.15) is 5.26 Å². The molecule has 1 aliphatic heterocycles. The van der Waals surface area contributed by atoms with E-state index in [2.05, 4.69) is 33.8 Å². The van der Waals surface area contributed by atoms with Gasteiger partial charge in [0.2, 0.25) is 5.91 Å². The summed E-state index contributed by atoms with van der Waals surface area (Å²) < 4.78 is 2.05. The van der Waals surface area contributed by atoms with Gasteiger partial charge in [-0.1, -0.05) is 13.0 Å². The third-order valence-electron chi connectivity index (χ3n) is 5.34. The molecule has 0 atom stereocenters. The van der Waals surface area contributed by atoms with Gasteiger partial charge in [-0.3, -0.25) is 9.69 Å². The Morgan fingerprint density at radius 2 is 2.12 bits per heavy atom. The molecular formula is C20H26N4OS. The molecule has 1 fully saturated rings. The van der Waals surface area contributed by atoms with Gasteiger partial charge in [-0.15, -0.1) is 11.3 Å². The molecule has 2 aromatic rings. The number of aromatic nitrogens is 1. The lowest BCUT2D eigenvalue weighted by molar-refractivity contribution is -0.117. The van der Waals surface area contributed by atoms with Crippen LogP contribution < -0.4 is 5.32 Å². The summed E-state index contributed by atoms with van der Waals surface area (Å²) in [5.74, 6) is 1.33. The predicted octanol–water partition coefficient (Wildman–Crippen LogP) is 3.76. The van der Waals surface area contributed by atoms with Crippen molar-refractivity contribution in [2.24, 2.45) is 5.92 Å². The number of amides is 1. The van der Waals surface area contributed by atoms with Crippen LogP contribution >= 0.6 is 11.3 Å². The molecule has 138 valence electrons. The lowest BCUT2D eigenvalue weighted by atomic mass is 9.99. The molecule has 26 heavy (non-hydrogen) atoms. The molecule has 1 amide bonds. The molecule has 0 aliphatic carbocycles. The molecular weight excluding hydrogens is 344 g/mol. The van der Waals surface area contributed by atoms with Gasteiger partial charge in [-0.05, 0) is 62.7 Å². The zero-order chi connectivity index (χ0) is 18.7. The van der Waals surface area contributed by atoms with Crippen LogP contribution in [0.25, 0.3) is 0 Å². The van der Waals surface area contributed by atoms with Gasteiger partial charge in [0.15, 0.2) is 0 Å². The number of piperidine rings is 1. The highest BCUT2D eigenvalue weighted by molar-refractivity contribution is 7.09. The number of nitrogens with one attached hydrogen (secondary N) is 1. The average molecular weight is 371 g/mol. The van der Waals surface area contributed by atoms with Crippen molar-refractivity contribution in [2.45, 2.75) is 40.2 Å². The van der Waals surface area contributed by atoms with E-state index in [0.29, 0.717) is 24.5 Å². The molecule has 0 bridgehead atoms. The van der Waals surface area contributed by atoms with E-state index in [4.69, 9.17) is 0 Å². The molecule has 1 N–H and O–H groups in total. The van der Waals surface area contributed by atoms with Crippen LogP contribution in [-0.4, -0.2) is 35.0 Å². The van der Waals surface area contributed by atoms with Gasteiger partial charge >= 0.3 is 0 Å². The Morgan fingerprint density at radius 1 is 1.38 bits per heavy atom. The van der Waals surface area contributed by atoms with E-state index in [-0.39, 0.29) is 5.91 Å². The monoisotopic (exact) mass is 370 g/mol. The van der Waals surface area contributed by atoms with Gasteiger partial charge in [0.05, 0.1) is 18.7 Å². The van der Waals surface area contributed by atoms with Crippen LogP contribution in [0.4, 0.5) is 5.82 Å². The third kappa shape index (κ3) is 4.00. The van der Waals surface area contributed by atoms with Crippen LogP contribution in [0.2, 0.25) is 0 Å². The first-order chi connectivity index (χ1) is 12.5. The molecule has 6 heteroatoms. The van der Waals surface area contributed by atoms with Crippen LogP contribution in [0.3, 0.4) is 0 Å². The summed E-state index contributed by atoms with van der Waals surface area (Å²) >= 11 is 1.68. The summed E-state index contributed by atoms with van der Waals surface area (Å²) in [4.78, 5) is 16.0. The Balaban J connectivity index is 1.78. The predicted molar refractivity (Wildman–Crippen MR) is 106 cm³/mol. The van der Waals surface area contributed by atoms with E-state index in [9.17, 15) is 10.1 Å². The van der Waals surface area contributed by atoms with Gasteiger partial charge in [0.1, 0.15) is 11.9 Å². The second kappa shape index (κ2) is 8.07. The first kappa shape index (κ1) is 18.7. The zero-order valence-electron chi connectivity index (χ0n) is 15.7. The zero-order valence-corrected chi connectivity index (χ0v) is 16.5. The van der Waals surface area contributed by atoms with Crippen LogP contribution in [0.15, 0.2) is 17.5 Å². The van der Waals surface area contributed by atoms with Crippen molar-refractivity contribution in [1.29, 1.82) is 5.26 Å². The van der Waals surface area contributed by atoms with Gasteiger partial charge in [0, 0.05) is 10.6 Å². The van der Waals surface area contributed by atoms with E-state index in [1.165, 1.54) is 4.88 Å². The largest absolute Gasteiger partial charge is 0.325 e. The Bertz CT molecular complexity index is 808.